The molecule has 1 atom stereocenters. The van der Waals surface area contributed by atoms with Crippen LogP contribution in [0.15, 0.2) is 25.0 Å². The third-order valence-electron chi connectivity index (χ3n) is 1.61. The zero-order chi connectivity index (χ0) is 7.56. The lowest BCUT2D eigenvalue weighted by atomic mass is 10.1. The van der Waals surface area contributed by atoms with Crippen LogP contribution < -0.4 is 5.73 Å². The van der Waals surface area contributed by atoms with Crippen molar-refractivity contribution < 1.29 is 0 Å². The highest BCUT2D eigenvalue weighted by molar-refractivity contribution is 5.27. The van der Waals surface area contributed by atoms with Crippen LogP contribution in [-0.4, -0.2) is 4.98 Å². The molecule has 0 aliphatic carbocycles. The van der Waals surface area contributed by atoms with Gasteiger partial charge < -0.3 is 10.7 Å². The van der Waals surface area contributed by atoms with Gasteiger partial charge in [-0.3, -0.25) is 0 Å². The van der Waals surface area contributed by atoms with Crippen molar-refractivity contribution in [2.75, 3.05) is 0 Å². The van der Waals surface area contributed by atoms with Crippen LogP contribution in [0.2, 0.25) is 0 Å². The van der Waals surface area contributed by atoms with E-state index in [2.05, 4.69) is 11.6 Å². The van der Waals surface area contributed by atoms with Crippen LogP contribution in [-0.2, 0) is 0 Å². The van der Waals surface area contributed by atoms with Crippen molar-refractivity contribution in [3.63, 3.8) is 0 Å². The van der Waals surface area contributed by atoms with Crippen LogP contribution in [0.5, 0.6) is 0 Å². The molecule has 3 N–H and O–H groups in total. The van der Waals surface area contributed by atoms with E-state index in [1.54, 1.807) is 6.08 Å². The van der Waals surface area contributed by atoms with E-state index in [1.165, 1.54) is 5.56 Å². The molecular weight excluding hydrogens is 124 g/mol. The molecule has 0 aromatic carbocycles. The van der Waals surface area contributed by atoms with Crippen molar-refractivity contribution in [1.82, 2.24) is 4.98 Å². The van der Waals surface area contributed by atoms with E-state index in [0.29, 0.717) is 0 Å². The fourth-order valence-electron chi connectivity index (χ4n) is 0.940. The van der Waals surface area contributed by atoms with E-state index in [9.17, 15) is 0 Å². The van der Waals surface area contributed by atoms with Crippen LogP contribution in [0.25, 0.3) is 0 Å². The van der Waals surface area contributed by atoms with Gasteiger partial charge in [-0.1, -0.05) is 6.08 Å². The summed E-state index contributed by atoms with van der Waals surface area (Å²) in [6.07, 6.45) is 5.57. The molecular formula is C8H12N2. The van der Waals surface area contributed by atoms with Crippen LogP contribution >= 0.6 is 0 Å². The predicted molar refractivity (Wildman–Crippen MR) is 42.7 cm³/mol. The van der Waals surface area contributed by atoms with Crippen LogP contribution in [0.4, 0.5) is 0 Å². The van der Waals surface area contributed by atoms with Gasteiger partial charge in [0.15, 0.2) is 0 Å². The van der Waals surface area contributed by atoms with Gasteiger partial charge in [0.1, 0.15) is 0 Å². The van der Waals surface area contributed by atoms with Crippen molar-refractivity contribution in [2.24, 2.45) is 5.73 Å². The Morgan fingerprint density at radius 2 is 2.40 bits per heavy atom. The maximum atomic E-state index is 5.70. The van der Waals surface area contributed by atoms with Crippen molar-refractivity contribution in [2.45, 2.75) is 13.0 Å². The summed E-state index contributed by atoms with van der Waals surface area (Å²) < 4.78 is 0. The number of aryl methyl sites for hydroxylation is 1. The molecule has 2 nitrogen and oxygen atoms in total. The molecule has 1 aromatic heterocycles. The Kier molecular flexibility index (Phi) is 1.92. The fourth-order valence-corrected chi connectivity index (χ4v) is 0.940. The smallest absolute Gasteiger partial charge is 0.0496 e. The molecule has 0 spiro atoms. The number of hydrogen-bond donors (Lipinski definition) is 2. The summed E-state index contributed by atoms with van der Waals surface area (Å²) in [5, 5.41) is 0. The number of H-pyrrole nitrogens is 1. The summed E-state index contributed by atoms with van der Waals surface area (Å²) in [4.78, 5) is 2.99. The maximum Gasteiger partial charge on any atom is 0.0496 e. The van der Waals surface area contributed by atoms with E-state index >= 15 is 0 Å². The first-order chi connectivity index (χ1) is 4.75. The van der Waals surface area contributed by atoms with Crippen molar-refractivity contribution in [1.29, 1.82) is 0 Å². The fraction of sp³-hybridized carbons (Fsp3) is 0.250. The first-order valence-electron chi connectivity index (χ1n) is 3.27. The van der Waals surface area contributed by atoms with Gasteiger partial charge >= 0.3 is 0 Å². The van der Waals surface area contributed by atoms with E-state index in [-0.39, 0.29) is 6.04 Å². The molecule has 0 aliphatic rings. The minimum atomic E-state index is -0.0359. The molecule has 54 valence electrons. The minimum absolute atomic E-state index is 0.0359. The molecule has 0 saturated heterocycles. The number of aromatic nitrogens is 1. The highest BCUT2D eigenvalue weighted by Crippen LogP contribution is 2.14. The maximum absolute atomic E-state index is 5.70. The second-order valence-electron chi connectivity index (χ2n) is 2.36. The zero-order valence-corrected chi connectivity index (χ0v) is 6.09. The van der Waals surface area contributed by atoms with Gasteiger partial charge in [0.25, 0.3) is 0 Å². The first kappa shape index (κ1) is 7.09. The summed E-state index contributed by atoms with van der Waals surface area (Å²) in [5.74, 6) is 0. The molecule has 0 radical (unpaired) electrons. The SMILES string of the molecule is C=C[C@H](N)c1c[nH]cc1C. The summed E-state index contributed by atoms with van der Waals surface area (Å²) in [6.45, 7) is 5.64. The number of aromatic amines is 1. The summed E-state index contributed by atoms with van der Waals surface area (Å²) in [7, 11) is 0. The van der Waals surface area contributed by atoms with Gasteiger partial charge in [-0.25, -0.2) is 0 Å². The lowest BCUT2D eigenvalue weighted by Crippen LogP contribution is -2.06. The Balaban J connectivity index is 2.92. The van der Waals surface area contributed by atoms with Gasteiger partial charge in [0.2, 0.25) is 0 Å². The Morgan fingerprint density at radius 1 is 1.70 bits per heavy atom. The second kappa shape index (κ2) is 2.71. The van der Waals surface area contributed by atoms with Gasteiger partial charge in [-0.2, -0.15) is 0 Å². The van der Waals surface area contributed by atoms with Crippen molar-refractivity contribution in [3.8, 4) is 0 Å². The lowest BCUT2D eigenvalue weighted by molar-refractivity contribution is 0.907. The summed E-state index contributed by atoms with van der Waals surface area (Å²) in [6, 6.07) is -0.0359. The summed E-state index contributed by atoms with van der Waals surface area (Å²) >= 11 is 0. The topological polar surface area (TPSA) is 41.8 Å². The lowest BCUT2D eigenvalue weighted by Gasteiger charge is -2.03. The Bertz CT molecular complexity index is 225. The Morgan fingerprint density at radius 3 is 2.80 bits per heavy atom. The van der Waals surface area contributed by atoms with E-state index in [1.807, 2.05) is 19.3 Å². The van der Waals surface area contributed by atoms with Crippen molar-refractivity contribution in [3.05, 3.63) is 36.2 Å². The third-order valence-corrected chi connectivity index (χ3v) is 1.61. The molecule has 2 heteroatoms. The highest BCUT2D eigenvalue weighted by atomic mass is 14.7. The molecule has 1 heterocycles. The second-order valence-corrected chi connectivity index (χ2v) is 2.36. The minimum Gasteiger partial charge on any atom is -0.367 e. The molecule has 10 heavy (non-hydrogen) atoms. The van der Waals surface area contributed by atoms with Crippen molar-refractivity contribution >= 4 is 0 Å². The van der Waals surface area contributed by atoms with E-state index in [0.717, 1.165) is 5.56 Å². The number of nitrogens with two attached hydrogens (primary N) is 1. The van der Waals surface area contributed by atoms with Gasteiger partial charge in [0.05, 0.1) is 0 Å². The molecule has 0 unspecified atom stereocenters. The quantitative estimate of drug-likeness (QED) is 0.594. The van der Waals surface area contributed by atoms with Gasteiger partial charge in [0, 0.05) is 18.4 Å². The number of rotatable bonds is 2. The molecule has 0 saturated carbocycles. The first-order valence-corrected chi connectivity index (χ1v) is 3.27. The molecule has 0 bridgehead atoms. The summed E-state index contributed by atoms with van der Waals surface area (Å²) in [5.41, 5.74) is 8.01. The molecule has 1 rings (SSSR count). The average molecular weight is 136 g/mol. The number of nitrogens with one attached hydrogen (secondary N) is 1. The van der Waals surface area contributed by atoms with Gasteiger partial charge in [-0.05, 0) is 18.1 Å². The van der Waals surface area contributed by atoms with E-state index < -0.39 is 0 Å². The third kappa shape index (κ3) is 1.11. The van der Waals surface area contributed by atoms with E-state index in [4.69, 9.17) is 5.73 Å². The predicted octanol–water partition coefficient (Wildman–Crippen LogP) is 1.51. The molecule has 0 aliphatic heterocycles. The average Bonchev–Trinajstić information content (AvgIpc) is 2.34. The standard InChI is InChI=1S/C8H12N2/c1-3-8(9)7-5-10-4-6(7)2/h3-5,8,10H,1,9H2,2H3/t8-/m0/s1. The highest BCUT2D eigenvalue weighted by Gasteiger charge is 2.03. The zero-order valence-electron chi connectivity index (χ0n) is 6.09. The number of hydrogen-bond acceptors (Lipinski definition) is 1. The molecule has 0 amide bonds. The largest absolute Gasteiger partial charge is 0.367 e. The van der Waals surface area contributed by atoms with Crippen LogP contribution in [0, 0.1) is 6.92 Å². The normalized spacial score (nSPS) is 13.0. The Hall–Kier alpha value is -1.02. The van der Waals surface area contributed by atoms with Crippen LogP contribution in [0.1, 0.15) is 17.2 Å². The van der Waals surface area contributed by atoms with Crippen LogP contribution in [0.3, 0.4) is 0 Å². The van der Waals surface area contributed by atoms with Gasteiger partial charge in [-0.15, -0.1) is 6.58 Å². The molecule has 0 fully saturated rings. The molecule has 1 aromatic rings. The Labute approximate surface area is 60.8 Å². The monoisotopic (exact) mass is 136 g/mol.